The van der Waals surface area contributed by atoms with Gasteiger partial charge < -0.3 is 9.47 Å². The van der Waals surface area contributed by atoms with Crippen LogP contribution in [0.25, 0.3) is 0 Å². The van der Waals surface area contributed by atoms with Crippen LogP contribution in [0.4, 0.5) is 0 Å². The molecule has 0 aliphatic carbocycles. The van der Waals surface area contributed by atoms with Crippen LogP contribution in [0, 0.1) is 13.8 Å². The molecular weight excluding hydrogens is 240 g/mol. The van der Waals surface area contributed by atoms with Crippen LogP contribution in [0.3, 0.4) is 0 Å². The van der Waals surface area contributed by atoms with Gasteiger partial charge in [-0.1, -0.05) is 18.2 Å². The van der Waals surface area contributed by atoms with E-state index in [9.17, 15) is 4.79 Å². The standard InChI is InChI=1S/C16H24O3/c1-5-18-16(12-17,19-6-2)11-10-15-13(3)8-7-9-14(15)4/h7-9,12H,5-6,10-11H2,1-4H3. The average Bonchev–Trinajstić information content (AvgIpc) is 2.38. The van der Waals surface area contributed by atoms with Gasteiger partial charge >= 0.3 is 0 Å². The van der Waals surface area contributed by atoms with Crippen LogP contribution in [-0.2, 0) is 20.7 Å². The Kier molecular flexibility index (Phi) is 6.19. The zero-order chi connectivity index (χ0) is 14.3. The quantitative estimate of drug-likeness (QED) is 0.534. The van der Waals surface area contributed by atoms with Crippen LogP contribution < -0.4 is 0 Å². The molecule has 1 aromatic carbocycles. The van der Waals surface area contributed by atoms with Crippen molar-refractivity contribution in [3.8, 4) is 0 Å². The molecule has 0 saturated carbocycles. The molecule has 0 aromatic heterocycles. The van der Waals surface area contributed by atoms with E-state index >= 15 is 0 Å². The Hall–Kier alpha value is -1.19. The Morgan fingerprint density at radius 2 is 1.63 bits per heavy atom. The minimum absolute atomic E-state index is 0.464. The van der Waals surface area contributed by atoms with E-state index in [1.165, 1.54) is 16.7 Å². The number of carbonyl (C=O) groups is 1. The smallest absolute Gasteiger partial charge is 0.226 e. The van der Waals surface area contributed by atoms with E-state index < -0.39 is 5.79 Å². The largest absolute Gasteiger partial charge is 0.344 e. The predicted molar refractivity (Wildman–Crippen MR) is 76.3 cm³/mol. The minimum atomic E-state index is -1.10. The highest BCUT2D eigenvalue weighted by Crippen LogP contribution is 2.22. The average molecular weight is 264 g/mol. The SMILES string of the molecule is CCOC(C=O)(CCc1c(C)cccc1C)OCC. The van der Waals surface area contributed by atoms with Crippen LogP contribution in [-0.4, -0.2) is 25.3 Å². The molecule has 3 heteroatoms. The van der Waals surface area contributed by atoms with E-state index in [1.807, 2.05) is 19.9 Å². The van der Waals surface area contributed by atoms with Crippen molar-refractivity contribution in [1.82, 2.24) is 0 Å². The van der Waals surface area contributed by atoms with Crippen molar-refractivity contribution in [3.05, 3.63) is 34.9 Å². The molecule has 0 bridgehead atoms. The maximum absolute atomic E-state index is 11.3. The topological polar surface area (TPSA) is 35.5 Å². The van der Waals surface area contributed by atoms with Crippen molar-refractivity contribution < 1.29 is 14.3 Å². The molecule has 0 atom stereocenters. The first kappa shape index (κ1) is 15.9. The molecule has 106 valence electrons. The molecule has 0 radical (unpaired) electrons. The minimum Gasteiger partial charge on any atom is -0.344 e. The molecule has 0 saturated heterocycles. The van der Waals surface area contributed by atoms with Gasteiger partial charge in [0.15, 0.2) is 6.29 Å². The number of hydrogen-bond acceptors (Lipinski definition) is 3. The molecule has 0 unspecified atom stereocenters. The molecule has 1 rings (SSSR count). The molecule has 3 nitrogen and oxygen atoms in total. The van der Waals surface area contributed by atoms with Crippen LogP contribution in [0.15, 0.2) is 18.2 Å². The molecule has 19 heavy (non-hydrogen) atoms. The van der Waals surface area contributed by atoms with Crippen LogP contribution in [0.2, 0.25) is 0 Å². The van der Waals surface area contributed by atoms with Gasteiger partial charge in [-0.3, -0.25) is 4.79 Å². The molecule has 0 amide bonds. The summed E-state index contributed by atoms with van der Waals surface area (Å²) in [5.74, 6) is -1.10. The van der Waals surface area contributed by atoms with Crippen LogP contribution in [0.5, 0.6) is 0 Å². The van der Waals surface area contributed by atoms with Crippen molar-refractivity contribution >= 4 is 6.29 Å². The normalized spacial score (nSPS) is 11.6. The number of aryl methyl sites for hydroxylation is 2. The van der Waals surface area contributed by atoms with Gasteiger partial charge in [0, 0.05) is 19.6 Å². The maximum atomic E-state index is 11.3. The molecule has 0 N–H and O–H groups in total. The van der Waals surface area contributed by atoms with E-state index in [4.69, 9.17) is 9.47 Å². The van der Waals surface area contributed by atoms with Gasteiger partial charge in [0.05, 0.1) is 0 Å². The third-order valence-electron chi connectivity index (χ3n) is 3.32. The lowest BCUT2D eigenvalue weighted by Gasteiger charge is -2.28. The van der Waals surface area contributed by atoms with Gasteiger partial charge in [-0.05, 0) is 50.8 Å². The Morgan fingerprint density at radius 1 is 1.11 bits per heavy atom. The number of benzene rings is 1. The summed E-state index contributed by atoms with van der Waals surface area (Å²) in [6.45, 7) is 8.85. The van der Waals surface area contributed by atoms with Crippen molar-refractivity contribution in [1.29, 1.82) is 0 Å². The lowest BCUT2D eigenvalue weighted by molar-refractivity contribution is -0.218. The summed E-state index contributed by atoms with van der Waals surface area (Å²) < 4.78 is 11.1. The number of rotatable bonds is 8. The summed E-state index contributed by atoms with van der Waals surface area (Å²) in [6, 6.07) is 6.23. The van der Waals surface area contributed by atoms with E-state index in [-0.39, 0.29) is 0 Å². The predicted octanol–water partition coefficient (Wildman–Crippen LogP) is 3.20. The summed E-state index contributed by atoms with van der Waals surface area (Å²) in [7, 11) is 0. The van der Waals surface area contributed by atoms with Gasteiger partial charge in [0.25, 0.3) is 0 Å². The zero-order valence-electron chi connectivity index (χ0n) is 12.4. The lowest BCUT2D eigenvalue weighted by Crippen LogP contribution is -2.38. The van der Waals surface area contributed by atoms with Crippen molar-refractivity contribution in [2.75, 3.05) is 13.2 Å². The summed E-state index contributed by atoms with van der Waals surface area (Å²) in [6.07, 6.45) is 2.11. The fraction of sp³-hybridized carbons (Fsp3) is 0.562. The highest BCUT2D eigenvalue weighted by atomic mass is 16.7. The van der Waals surface area contributed by atoms with Crippen molar-refractivity contribution in [2.45, 2.75) is 46.3 Å². The van der Waals surface area contributed by atoms with Gasteiger partial charge in [-0.15, -0.1) is 0 Å². The van der Waals surface area contributed by atoms with E-state index in [1.54, 1.807) is 0 Å². The third-order valence-corrected chi connectivity index (χ3v) is 3.32. The van der Waals surface area contributed by atoms with Crippen LogP contribution >= 0.6 is 0 Å². The van der Waals surface area contributed by atoms with Gasteiger partial charge in [-0.25, -0.2) is 0 Å². The first-order chi connectivity index (χ1) is 9.08. The highest BCUT2D eigenvalue weighted by molar-refractivity contribution is 5.60. The lowest BCUT2D eigenvalue weighted by atomic mass is 9.96. The molecule has 1 aromatic rings. The molecule has 0 aliphatic rings. The Balaban J connectivity index is 2.83. The van der Waals surface area contributed by atoms with E-state index in [2.05, 4.69) is 26.0 Å². The maximum Gasteiger partial charge on any atom is 0.226 e. The Morgan fingerprint density at radius 3 is 2.05 bits per heavy atom. The zero-order valence-corrected chi connectivity index (χ0v) is 12.4. The third kappa shape index (κ3) is 4.15. The first-order valence-corrected chi connectivity index (χ1v) is 6.88. The number of ether oxygens (including phenoxy) is 2. The second-order valence-electron chi connectivity index (χ2n) is 4.67. The molecular formula is C16H24O3. The van der Waals surface area contributed by atoms with Crippen molar-refractivity contribution in [3.63, 3.8) is 0 Å². The number of carbonyl (C=O) groups excluding carboxylic acids is 1. The van der Waals surface area contributed by atoms with Crippen molar-refractivity contribution in [2.24, 2.45) is 0 Å². The van der Waals surface area contributed by atoms with Gasteiger partial charge in [0.2, 0.25) is 5.79 Å². The monoisotopic (exact) mass is 264 g/mol. The number of hydrogen-bond donors (Lipinski definition) is 0. The van der Waals surface area contributed by atoms with Gasteiger partial charge in [0.1, 0.15) is 0 Å². The molecule has 0 heterocycles. The second kappa shape index (κ2) is 7.41. The van der Waals surface area contributed by atoms with Crippen LogP contribution in [0.1, 0.15) is 37.0 Å². The molecule has 0 aliphatic heterocycles. The van der Waals surface area contributed by atoms with Gasteiger partial charge in [-0.2, -0.15) is 0 Å². The second-order valence-corrected chi connectivity index (χ2v) is 4.67. The first-order valence-electron chi connectivity index (χ1n) is 6.88. The highest BCUT2D eigenvalue weighted by Gasteiger charge is 2.30. The fourth-order valence-electron chi connectivity index (χ4n) is 2.34. The Bertz CT molecular complexity index is 386. The Labute approximate surface area is 115 Å². The molecule has 0 spiro atoms. The fourth-order valence-corrected chi connectivity index (χ4v) is 2.34. The summed E-state index contributed by atoms with van der Waals surface area (Å²) in [4.78, 5) is 11.3. The molecule has 0 fully saturated rings. The summed E-state index contributed by atoms with van der Waals surface area (Å²) in [5.41, 5.74) is 3.76. The number of aldehydes is 1. The summed E-state index contributed by atoms with van der Waals surface area (Å²) in [5, 5.41) is 0. The van der Waals surface area contributed by atoms with E-state index in [0.29, 0.717) is 19.6 Å². The summed E-state index contributed by atoms with van der Waals surface area (Å²) >= 11 is 0. The van der Waals surface area contributed by atoms with E-state index in [0.717, 1.165) is 12.7 Å².